The van der Waals surface area contributed by atoms with E-state index in [0.717, 1.165) is 107 Å². The molecular weight excluding hydrogens is 685 g/mol. The minimum absolute atomic E-state index is 0.610. The molecule has 56 heavy (non-hydrogen) atoms. The van der Waals surface area contributed by atoms with Gasteiger partial charge < -0.3 is 9.97 Å². The van der Waals surface area contributed by atoms with Gasteiger partial charge in [-0.25, -0.2) is 9.97 Å². The lowest BCUT2D eigenvalue weighted by Crippen LogP contribution is -1.91. The second kappa shape index (κ2) is 14.0. The predicted molar refractivity (Wildman–Crippen MR) is 231 cm³/mol. The first-order chi connectivity index (χ1) is 27.7. The molecule has 5 heteroatoms. The van der Waals surface area contributed by atoms with Gasteiger partial charge in [0.2, 0.25) is 0 Å². The van der Waals surface area contributed by atoms with Crippen LogP contribution in [0.5, 0.6) is 0 Å². The first-order valence-corrected chi connectivity index (χ1v) is 18.7. The lowest BCUT2D eigenvalue weighted by molar-refractivity contribution is 0.112. The highest BCUT2D eigenvalue weighted by atomic mass is 16.1. The summed E-state index contributed by atoms with van der Waals surface area (Å²) in [5.41, 5.74) is 17.6. The number of hydrogen-bond donors (Lipinski definition) is 2. The first-order valence-electron chi connectivity index (χ1n) is 18.7. The molecular formula is C51H34N4O. The molecule has 2 N–H and O–H groups in total. The zero-order valence-corrected chi connectivity index (χ0v) is 30.3. The predicted octanol–water partition coefficient (Wildman–Crippen LogP) is 12.8. The SMILES string of the molecule is O=Cc1cccc(-c2cc3[nH]c2c(-c2ccccc2)c2nc(c(-c4ccccc4)c4nc(c(-c5ccccc5)c5ccc([nH]5)c3-c3ccccc3)C=C4)C=C2)c1. The third kappa shape index (κ3) is 5.88. The highest BCUT2D eigenvalue weighted by molar-refractivity contribution is 6.05. The average molecular weight is 719 g/mol. The number of benzene rings is 5. The van der Waals surface area contributed by atoms with E-state index in [0.29, 0.717) is 5.56 Å². The molecule has 5 aromatic carbocycles. The Balaban J connectivity index is 1.45. The molecule has 3 aromatic heterocycles. The summed E-state index contributed by atoms with van der Waals surface area (Å²) in [7, 11) is 0. The van der Waals surface area contributed by atoms with Crippen molar-refractivity contribution < 1.29 is 4.79 Å². The largest absolute Gasteiger partial charge is 0.354 e. The molecule has 5 heterocycles. The van der Waals surface area contributed by atoms with E-state index in [1.165, 1.54) is 0 Å². The third-order valence-corrected chi connectivity index (χ3v) is 10.4. The van der Waals surface area contributed by atoms with Crippen LogP contribution in [0.1, 0.15) is 33.1 Å². The van der Waals surface area contributed by atoms with Crippen molar-refractivity contribution in [3.8, 4) is 55.6 Å². The van der Waals surface area contributed by atoms with Crippen LogP contribution in [0, 0.1) is 0 Å². The van der Waals surface area contributed by atoms with Crippen molar-refractivity contribution in [1.29, 1.82) is 0 Å². The van der Waals surface area contributed by atoms with Crippen LogP contribution in [0.25, 0.3) is 102 Å². The number of nitrogens with zero attached hydrogens (tertiary/aromatic N) is 2. The fourth-order valence-corrected chi connectivity index (χ4v) is 7.93. The van der Waals surface area contributed by atoms with E-state index in [9.17, 15) is 4.79 Å². The van der Waals surface area contributed by atoms with Crippen molar-refractivity contribution in [2.75, 3.05) is 0 Å². The average Bonchev–Trinajstić information content (AvgIpc) is 4.10. The Bertz CT molecular complexity index is 3010. The number of carbonyl (C=O) groups excluding carboxylic acids is 1. The molecule has 5 nitrogen and oxygen atoms in total. The number of aromatic nitrogens is 4. The van der Waals surface area contributed by atoms with E-state index in [1.807, 2.05) is 42.5 Å². The lowest BCUT2D eigenvalue weighted by Gasteiger charge is -2.08. The minimum atomic E-state index is 0.610. The van der Waals surface area contributed by atoms with Gasteiger partial charge in [0.15, 0.2) is 0 Å². The number of aldehydes is 1. The number of carbonyl (C=O) groups is 1. The van der Waals surface area contributed by atoms with Crippen molar-refractivity contribution in [2.24, 2.45) is 0 Å². The summed E-state index contributed by atoms with van der Waals surface area (Å²) in [4.78, 5) is 30.7. The normalized spacial score (nSPS) is 11.9. The summed E-state index contributed by atoms with van der Waals surface area (Å²) in [6.45, 7) is 0. The molecule has 0 saturated carbocycles. The maximum absolute atomic E-state index is 12.1. The second-order valence-electron chi connectivity index (χ2n) is 13.9. The van der Waals surface area contributed by atoms with Gasteiger partial charge in [-0.2, -0.15) is 0 Å². The molecule has 0 radical (unpaired) electrons. The van der Waals surface area contributed by atoms with Crippen molar-refractivity contribution in [3.63, 3.8) is 0 Å². The molecule has 10 rings (SSSR count). The van der Waals surface area contributed by atoms with Gasteiger partial charge in [-0.15, -0.1) is 0 Å². The number of nitrogens with one attached hydrogen (secondary N) is 2. The number of H-pyrrole nitrogens is 2. The van der Waals surface area contributed by atoms with Gasteiger partial charge in [-0.3, -0.25) is 4.79 Å². The van der Waals surface area contributed by atoms with Crippen molar-refractivity contribution in [3.05, 3.63) is 192 Å². The zero-order valence-electron chi connectivity index (χ0n) is 30.3. The Morgan fingerprint density at radius 2 is 0.821 bits per heavy atom. The molecule has 0 unspecified atom stereocenters. The maximum atomic E-state index is 12.1. The van der Waals surface area contributed by atoms with Crippen LogP contribution >= 0.6 is 0 Å². The highest BCUT2D eigenvalue weighted by Crippen LogP contribution is 2.41. The van der Waals surface area contributed by atoms with Crippen LogP contribution < -0.4 is 0 Å². The molecule has 2 aliphatic heterocycles. The van der Waals surface area contributed by atoms with E-state index in [1.54, 1.807) is 0 Å². The molecule has 264 valence electrons. The van der Waals surface area contributed by atoms with E-state index in [2.05, 4.69) is 156 Å². The highest BCUT2D eigenvalue weighted by Gasteiger charge is 2.21. The summed E-state index contributed by atoms with van der Waals surface area (Å²) in [5.74, 6) is 0. The quantitative estimate of drug-likeness (QED) is 0.168. The molecule has 0 saturated heterocycles. The molecule has 8 bridgehead atoms. The minimum Gasteiger partial charge on any atom is -0.354 e. The molecule has 0 aliphatic carbocycles. The third-order valence-electron chi connectivity index (χ3n) is 10.4. The Kier molecular flexibility index (Phi) is 8.23. The topological polar surface area (TPSA) is 74.4 Å². The van der Waals surface area contributed by atoms with Gasteiger partial charge in [0.25, 0.3) is 0 Å². The maximum Gasteiger partial charge on any atom is 0.150 e. The zero-order chi connectivity index (χ0) is 37.4. The van der Waals surface area contributed by atoms with Gasteiger partial charge in [0, 0.05) is 49.9 Å². The molecule has 2 aliphatic rings. The van der Waals surface area contributed by atoms with Gasteiger partial charge in [0.1, 0.15) is 6.29 Å². The van der Waals surface area contributed by atoms with Crippen LogP contribution in [-0.2, 0) is 0 Å². The van der Waals surface area contributed by atoms with Crippen molar-refractivity contribution in [1.82, 2.24) is 19.9 Å². The first kappa shape index (κ1) is 33.0. The Morgan fingerprint density at radius 1 is 0.375 bits per heavy atom. The van der Waals surface area contributed by atoms with E-state index in [-0.39, 0.29) is 0 Å². The molecule has 0 atom stereocenters. The van der Waals surface area contributed by atoms with E-state index in [4.69, 9.17) is 9.97 Å². The van der Waals surface area contributed by atoms with Crippen molar-refractivity contribution in [2.45, 2.75) is 0 Å². The van der Waals surface area contributed by atoms with E-state index < -0.39 is 0 Å². The summed E-state index contributed by atoms with van der Waals surface area (Å²) in [6.07, 6.45) is 9.33. The second-order valence-corrected chi connectivity index (χ2v) is 13.9. The standard InChI is InChI=1S/C51H34N4O/c56-32-33-14-13-23-38(30-33)39-31-46-49(36-19-9-3-10-20-36)44-27-26-42(53-44)47(34-15-5-1-6-16-34)40-24-25-41(52-40)48(35-17-7-2-8-18-35)43-28-29-45(54-43)50(51(39)55-46)37-21-11-4-12-22-37/h1-32,53,55H. The van der Waals surface area contributed by atoms with Gasteiger partial charge in [0.05, 0.1) is 28.3 Å². The molecule has 0 fully saturated rings. The Morgan fingerprint density at radius 3 is 1.38 bits per heavy atom. The van der Waals surface area contributed by atoms with Gasteiger partial charge in [-0.05, 0) is 76.4 Å². The summed E-state index contributed by atoms with van der Waals surface area (Å²) in [6, 6.07) is 56.0. The van der Waals surface area contributed by atoms with Crippen LogP contribution in [0.2, 0.25) is 0 Å². The van der Waals surface area contributed by atoms with E-state index >= 15 is 0 Å². The fraction of sp³-hybridized carbons (Fsp3) is 0. The lowest BCUT2D eigenvalue weighted by atomic mass is 9.98. The fourth-order valence-electron chi connectivity index (χ4n) is 7.93. The van der Waals surface area contributed by atoms with Crippen LogP contribution in [0.4, 0.5) is 0 Å². The van der Waals surface area contributed by atoms with Gasteiger partial charge in [-0.1, -0.05) is 140 Å². The molecule has 0 spiro atoms. The van der Waals surface area contributed by atoms with Gasteiger partial charge >= 0.3 is 0 Å². The Hall–Kier alpha value is -7.63. The number of hydrogen-bond acceptors (Lipinski definition) is 3. The van der Waals surface area contributed by atoms with Crippen LogP contribution in [-0.4, -0.2) is 26.2 Å². The monoisotopic (exact) mass is 718 g/mol. The van der Waals surface area contributed by atoms with Crippen molar-refractivity contribution >= 4 is 52.7 Å². The number of fused-ring (bicyclic) bond motifs is 8. The number of rotatable bonds is 6. The summed E-state index contributed by atoms with van der Waals surface area (Å²) < 4.78 is 0. The number of aromatic amines is 2. The van der Waals surface area contributed by atoms with Crippen LogP contribution in [0.15, 0.2) is 164 Å². The Labute approximate surface area is 324 Å². The van der Waals surface area contributed by atoms with Crippen LogP contribution in [0.3, 0.4) is 0 Å². The smallest absolute Gasteiger partial charge is 0.150 e. The summed E-state index contributed by atoms with van der Waals surface area (Å²) >= 11 is 0. The molecule has 8 aromatic rings. The molecule has 0 amide bonds. The summed E-state index contributed by atoms with van der Waals surface area (Å²) in [5, 5.41) is 0.